The second-order valence-corrected chi connectivity index (χ2v) is 10.0. The molecule has 7 aromatic rings. The SMILES string of the molecule is c1ccc(C2(c3ccccc3)c3ccccc3-c3c2ccc2c3ccn2-c2cncc3ccccc23)cc1. The zero-order valence-electron chi connectivity index (χ0n) is 20.8. The van der Waals surface area contributed by atoms with E-state index in [0.29, 0.717) is 0 Å². The van der Waals surface area contributed by atoms with Gasteiger partial charge in [-0.3, -0.25) is 4.98 Å². The highest BCUT2D eigenvalue weighted by molar-refractivity contribution is 6.04. The molecule has 0 unspecified atom stereocenters. The largest absolute Gasteiger partial charge is 0.314 e. The Hall–Kier alpha value is -4.95. The Labute approximate surface area is 221 Å². The minimum absolute atomic E-state index is 0.383. The predicted octanol–water partition coefficient (Wildman–Crippen LogP) is 8.54. The summed E-state index contributed by atoms with van der Waals surface area (Å²) in [7, 11) is 0. The molecule has 0 fully saturated rings. The van der Waals surface area contributed by atoms with E-state index in [2.05, 4.69) is 143 Å². The van der Waals surface area contributed by atoms with Gasteiger partial charge in [-0.05, 0) is 45.5 Å². The van der Waals surface area contributed by atoms with Gasteiger partial charge in [0.2, 0.25) is 0 Å². The molecule has 2 aromatic heterocycles. The van der Waals surface area contributed by atoms with Gasteiger partial charge in [-0.2, -0.15) is 0 Å². The van der Waals surface area contributed by atoms with Crippen LogP contribution in [0.4, 0.5) is 0 Å². The van der Waals surface area contributed by atoms with Crippen LogP contribution in [0, 0.1) is 0 Å². The highest BCUT2D eigenvalue weighted by Crippen LogP contribution is 2.57. The second kappa shape index (κ2) is 8.03. The molecule has 0 aliphatic heterocycles. The smallest absolute Gasteiger partial charge is 0.0718 e. The Kier molecular flexibility index (Phi) is 4.47. The zero-order chi connectivity index (χ0) is 25.1. The summed E-state index contributed by atoms with van der Waals surface area (Å²) in [4.78, 5) is 4.57. The van der Waals surface area contributed by atoms with E-state index < -0.39 is 0 Å². The molecule has 0 radical (unpaired) electrons. The number of nitrogens with zero attached hydrogens (tertiary/aromatic N) is 2. The molecule has 178 valence electrons. The van der Waals surface area contributed by atoms with Crippen LogP contribution in [0.25, 0.3) is 38.5 Å². The fourth-order valence-electron chi connectivity index (χ4n) is 6.66. The Morgan fingerprint density at radius 3 is 2.00 bits per heavy atom. The molecular formula is C36H24N2. The third-order valence-corrected chi connectivity index (χ3v) is 8.20. The molecule has 2 heterocycles. The van der Waals surface area contributed by atoms with Gasteiger partial charge in [-0.1, -0.05) is 115 Å². The van der Waals surface area contributed by atoms with Crippen molar-refractivity contribution in [2.24, 2.45) is 0 Å². The van der Waals surface area contributed by atoms with Crippen molar-refractivity contribution in [3.8, 4) is 16.8 Å². The normalized spacial score (nSPS) is 13.5. The van der Waals surface area contributed by atoms with Crippen LogP contribution in [0.3, 0.4) is 0 Å². The van der Waals surface area contributed by atoms with E-state index in [4.69, 9.17) is 0 Å². The molecule has 0 N–H and O–H groups in total. The number of rotatable bonds is 3. The third kappa shape index (κ3) is 2.75. The predicted molar refractivity (Wildman–Crippen MR) is 156 cm³/mol. The standard InChI is InChI=1S/C36H24N2/c1-3-12-26(13-4-1)36(27-14-5-2-6-15-27)31-18-10-9-17-29(31)35-30-21-22-38(33(30)20-19-32(35)36)34-24-37-23-25-11-7-8-16-28(25)34/h1-24H. The van der Waals surface area contributed by atoms with Crippen LogP contribution in [-0.2, 0) is 5.41 Å². The molecule has 2 heteroatoms. The van der Waals surface area contributed by atoms with Crippen LogP contribution in [0.2, 0.25) is 0 Å². The van der Waals surface area contributed by atoms with Gasteiger partial charge in [0, 0.05) is 28.6 Å². The molecule has 0 bridgehead atoms. The number of benzene rings is 5. The lowest BCUT2D eigenvalue weighted by atomic mass is 9.67. The van der Waals surface area contributed by atoms with Crippen LogP contribution < -0.4 is 0 Å². The summed E-state index contributed by atoms with van der Waals surface area (Å²) in [5.41, 5.74) is 9.76. The van der Waals surface area contributed by atoms with Gasteiger partial charge in [0.05, 0.1) is 22.8 Å². The van der Waals surface area contributed by atoms with Gasteiger partial charge in [-0.15, -0.1) is 0 Å². The first-order valence-electron chi connectivity index (χ1n) is 13.1. The van der Waals surface area contributed by atoms with E-state index in [1.165, 1.54) is 49.7 Å². The molecule has 38 heavy (non-hydrogen) atoms. The van der Waals surface area contributed by atoms with E-state index in [9.17, 15) is 0 Å². The maximum Gasteiger partial charge on any atom is 0.0718 e. The second-order valence-electron chi connectivity index (χ2n) is 10.0. The average molecular weight is 485 g/mol. The quantitative estimate of drug-likeness (QED) is 0.246. The summed E-state index contributed by atoms with van der Waals surface area (Å²) < 4.78 is 2.29. The molecule has 0 saturated heterocycles. The van der Waals surface area contributed by atoms with Crippen LogP contribution in [-0.4, -0.2) is 9.55 Å². The fourth-order valence-corrected chi connectivity index (χ4v) is 6.66. The lowest BCUT2D eigenvalue weighted by Crippen LogP contribution is -2.28. The Bertz CT molecular complexity index is 1920. The fraction of sp³-hybridized carbons (Fsp3) is 0.0278. The summed E-state index contributed by atoms with van der Waals surface area (Å²) in [6.45, 7) is 0. The van der Waals surface area contributed by atoms with E-state index >= 15 is 0 Å². The zero-order valence-corrected chi connectivity index (χ0v) is 20.8. The molecule has 0 spiro atoms. The van der Waals surface area contributed by atoms with Crippen molar-refractivity contribution in [1.29, 1.82) is 0 Å². The first-order valence-corrected chi connectivity index (χ1v) is 13.1. The van der Waals surface area contributed by atoms with E-state index in [1.807, 2.05) is 12.4 Å². The van der Waals surface area contributed by atoms with Gasteiger partial charge in [0.25, 0.3) is 0 Å². The summed E-state index contributed by atoms with van der Waals surface area (Å²) in [5, 5.41) is 3.60. The minimum atomic E-state index is -0.383. The first-order chi connectivity index (χ1) is 18.9. The summed E-state index contributed by atoms with van der Waals surface area (Å²) in [6.07, 6.45) is 6.11. The molecule has 5 aromatic carbocycles. The van der Waals surface area contributed by atoms with Crippen molar-refractivity contribution in [3.05, 3.63) is 168 Å². The van der Waals surface area contributed by atoms with Gasteiger partial charge in [0.1, 0.15) is 0 Å². The highest BCUT2D eigenvalue weighted by Gasteiger charge is 2.46. The summed E-state index contributed by atoms with van der Waals surface area (Å²) >= 11 is 0. The van der Waals surface area contributed by atoms with E-state index in [-0.39, 0.29) is 5.41 Å². The monoisotopic (exact) mass is 484 g/mol. The summed E-state index contributed by atoms with van der Waals surface area (Å²) in [5.74, 6) is 0. The van der Waals surface area contributed by atoms with E-state index in [0.717, 1.165) is 11.1 Å². The van der Waals surface area contributed by atoms with Crippen molar-refractivity contribution >= 4 is 21.7 Å². The van der Waals surface area contributed by atoms with Gasteiger partial charge in [0.15, 0.2) is 0 Å². The first kappa shape index (κ1) is 21.2. The van der Waals surface area contributed by atoms with Gasteiger partial charge >= 0.3 is 0 Å². The molecule has 0 atom stereocenters. The Morgan fingerprint density at radius 1 is 0.526 bits per heavy atom. The number of pyridine rings is 1. The average Bonchev–Trinajstić information content (AvgIpc) is 3.55. The topological polar surface area (TPSA) is 17.8 Å². The van der Waals surface area contributed by atoms with Crippen molar-refractivity contribution in [1.82, 2.24) is 9.55 Å². The Balaban J connectivity index is 1.48. The molecule has 0 amide bonds. The van der Waals surface area contributed by atoms with Crippen LogP contribution in [0.5, 0.6) is 0 Å². The molecule has 0 saturated carbocycles. The molecule has 8 rings (SSSR count). The molecule has 1 aliphatic carbocycles. The van der Waals surface area contributed by atoms with Gasteiger partial charge < -0.3 is 4.57 Å². The molecule has 1 aliphatic rings. The van der Waals surface area contributed by atoms with Crippen molar-refractivity contribution in [2.75, 3.05) is 0 Å². The maximum absolute atomic E-state index is 4.57. The number of fused-ring (bicyclic) bond motifs is 6. The number of hydrogen-bond acceptors (Lipinski definition) is 1. The molecule has 2 nitrogen and oxygen atoms in total. The van der Waals surface area contributed by atoms with Crippen molar-refractivity contribution in [3.63, 3.8) is 0 Å². The van der Waals surface area contributed by atoms with Crippen LogP contribution in [0.1, 0.15) is 22.3 Å². The van der Waals surface area contributed by atoms with Crippen molar-refractivity contribution < 1.29 is 0 Å². The van der Waals surface area contributed by atoms with Gasteiger partial charge in [-0.25, -0.2) is 0 Å². The lowest BCUT2D eigenvalue weighted by molar-refractivity contribution is 0.769. The number of aromatic nitrogens is 2. The Morgan fingerprint density at radius 2 is 1.21 bits per heavy atom. The summed E-state index contributed by atoms with van der Waals surface area (Å²) in [6, 6.07) is 46.3. The molecular weight excluding hydrogens is 460 g/mol. The maximum atomic E-state index is 4.57. The highest BCUT2D eigenvalue weighted by atomic mass is 15.0. The minimum Gasteiger partial charge on any atom is -0.314 e. The van der Waals surface area contributed by atoms with Crippen molar-refractivity contribution in [2.45, 2.75) is 5.41 Å². The van der Waals surface area contributed by atoms with Crippen LogP contribution >= 0.6 is 0 Å². The van der Waals surface area contributed by atoms with Crippen LogP contribution in [0.15, 0.2) is 146 Å². The lowest BCUT2D eigenvalue weighted by Gasteiger charge is -2.33. The third-order valence-electron chi connectivity index (χ3n) is 8.20. The van der Waals surface area contributed by atoms with E-state index in [1.54, 1.807) is 0 Å². The number of hydrogen-bond donors (Lipinski definition) is 0.